The SMILES string of the molecule is O=C1CCC(N2Cc3cc(-n4cc(CCN5CCCC6(C5)OCCO6)nn4)ccc3C2=O)C(=O)N1. The molecule has 1 atom stereocenters. The first-order chi connectivity index (χ1) is 17.0. The zero-order valence-electron chi connectivity index (χ0n) is 19.4. The molecule has 3 fully saturated rings. The van der Waals surface area contributed by atoms with Crippen LogP contribution in [-0.2, 0) is 32.0 Å². The fourth-order valence-corrected chi connectivity index (χ4v) is 5.51. The van der Waals surface area contributed by atoms with Crippen molar-refractivity contribution < 1.29 is 23.9 Å². The standard InChI is InChI=1S/C24H28N6O5/c31-21-5-4-20(22(32)25-21)29-13-16-12-18(2-3-19(16)23(29)33)30-14-17(26-27-30)6-9-28-8-1-7-24(15-28)34-10-11-35-24/h2-3,12,14,20H,1,4-11,13,15H2,(H,25,31,32). The third kappa shape index (κ3) is 4.24. The van der Waals surface area contributed by atoms with Gasteiger partial charge in [0, 0.05) is 37.9 Å². The molecule has 1 aromatic carbocycles. The molecule has 0 bridgehead atoms. The van der Waals surface area contributed by atoms with Gasteiger partial charge in [0.25, 0.3) is 5.91 Å². The minimum Gasteiger partial charge on any atom is -0.346 e. The summed E-state index contributed by atoms with van der Waals surface area (Å²) in [7, 11) is 0. The third-order valence-corrected chi connectivity index (χ3v) is 7.31. The molecule has 11 nitrogen and oxygen atoms in total. The van der Waals surface area contributed by atoms with E-state index in [0.29, 0.717) is 31.7 Å². The number of ether oxygens (including phenoxy) is 2. The van der Waals surface area contributed by atoms with E-state index in [1.165, 1.54) is 0 Å². The molecule has 2 aromatic rings. The second-order valence-corrected chi connectivity index (χ2v) is 9.63. The van der Waals surface area contributed by atoms with Gasteiger partial charge < -0.3 is 14.4 Å². The minimum atomic E-state index is -0.622. The summed E-state index contributed by atoms with van der Waals surface area (Å²) in [5.74, 6) is -1.32. The Kier molecular flexibility index (Phi) is 5.62. The van der Waals surface area contributed by atoms with Crippen molar-refractivity contribution in [2.75, 3.05) is 32.8 Å². The van der Waals surface area contributed by atoms with Crippen LogP contribution in [0.3, 0.4) is 0 Å². The van der Waals surface area contributed by atoms with Crippen molar-refractivity contribution in [3.63, 3.8) is 0 Å². The molecule has 1 spiro atoms. The topological polar surface area (TPSA) is 119 Å². The molecule has 0 radical (unpaired) electrons. The molecule has 184 valence electrons. The van der Waals surface area contributed by atoms with Crippen LogP contribution in [-0.4, -0.2) is 87.2 Å². The summed E-state index contributed by atoms with van der Waals surface area (Å²) >= 11 is 0. The van der Waals surface area contributed by atoms with Crippen molar-refractivity contribution >= 4 is 17.7 Å². The van der Waals surface area contributed by atoms with Crippen LogP contribution < -0.4 is 5.32 Å². The van der Waals surface area contributed by atoms with E-state index in [4.69, 9.17) is 9.47 Å². The fourth-order valence-electron chi connectivity index (χ4n) is 5.51. The van der Waals surface area contributed by atoms with Crippen LogP contribution in [0.5, 0.6) is 0 Å². The summed E-state index contributed by atoms with van der Waals surface area (Å²) < 4.78 is 13.5. The summed E-state index contributed by atoms with van der Waals surface area (Å²) in [6.07, 6.45) is 5.27. The van der Waals surface area contributed by atoms with E-state index in [9.17, 15) is 14.4 Å². The average molecular weight is 481 g/mol. The Morgan fingerprint density at radius 3 is 2.86 bits per heavy atom. The van der Waals surface area contributed by atoms with Gasteiger partial charge in [-0.1, -0.05) is 5.21 Å². The van der Waals surface area contributed by atoms with Gasteiger partial charge in [-0.25, -0.2) is 4.68 Å². The smallest absolute Gasteiger partial charge is 0.255 e. The van der Waals surface area contributed by atoms with Crippen LogP contribution in [0.1, 0.15) is 47.3 Å². The first kappa shape index (κ1) is 22.3. The molecule has 3 amide bonds. The van der Waals surface area contributed by atoms with Crippen molar-refractivity contribution in [2.24, 2.45) is 0 Å². The largest absolute Gasteiger partial charge is 0.346 e. The minimum absolute atomic E-state index is 0.185. The number of fused-ring (bicyclic) bond motifs is 1. The normalized spacial score (nSPS) is 24.3. The van der Waals surface area contributed by atoms with Crippen molar-refractivity contribution in [3.05, 3.63) is 41.2 Å². The lowest BCUT2D eigenvalue weighted by molar-refractivity contribution is -0.189. The lowest BCUT2D eigenvalue weighted by Gasteiger charge is -2.38. The van der Waals surface area contributed by atoms with Gasteiger partial charge in [0.05, 0.1) is 37.3 Å². The van der Waals surface area contributed by atoms with Gasteiger partial charge in [0.1, 0.15) is 6.04 Å². The predicted molar refractivity (Wildman–Crippen MR) is 121 cm³/mol. The van der Waals surface area contributed by atoms with Crippen molar-refractivity contribution in [1.29, 1.82) is 0 Å². The van der Waals surface area contributed by atoms with Gasteiger partial charge in [-0.15, -0.1) is 5.10 Å². The number of hydrogen-bond donors (Lipinski definition) is 1. The molecule has 0 aliphatic carbocycles. The molecule has 0 saturated carbocycles. The number of hydrogen-bond acceptors (Lipinski definition) is 8. The van der Waals surface area contributed by atoms with Crippen molar-refractivity contribution in [3.8, 4) is 5.69 Å². The summed E-state index contributed by atoms with van der Waals surface area (Å²) in [6.45, 7) is 4.32. The number of likely N-dealkylation sites (tertiary alicyclic amines) is 1. The molecule has 4 aliphatic rings. The molecular formula is C24H28N6O5. The van der Waals surface area contributed by atoms with Crippen LogP contribution >= 0.6 is 0 Å². The second kappa shape index (κ2) is 8.81. The van der Waals surface area contributed by atoms with Gasteiger partial charge in [0.15, 0.2) is 5.79 Å². The highest BCUT2D eigenvalue weighted by atomic mass is 16.7. The van der Waals surface area contributed by atoms with Crippen LogP contribution in [0, 0.1) is 0 Å². The van der Waals surface area contributed by atoms with E-state index in [-0.39, 0.29) is 18.2 Å². The summed E-state index contributed by atoms with van der Waals surface area (Å²) in [4.78, 5) is 40.5. The van der Waals surface area contributed by atoms with Crippen molar-refractivity contribution in [2.45, 2.75) is 50.5 Å². The number of imide groups is 1. The molecule has 1 N–H and O–H groups in total. The number of aromatic nitrogens is 3. The molecular weight excluding hydrogens is 452 g/mol. The molecule has 1 unspecified atom stereocenters. The van der Waals surface area contributed by atoms with E-state index in [1.54, 1.807) is 15.6 Å². The molecule has 6 rings (SSSR count). The molecule has 5 heterocycles. The Morgan fingerprint density at radius 2 is 2.03 bits per heavy atom. The number of carbonyl (C=O) groups excluding carboxylic acids is 3. The number of benzene rings is 1. The van der Waals surface area contributed by atoms with Gasteiger partial charge in [0.2, 0.25) is 11.8 Å². The number of nitrogens with zero attached hydrogens (tertiary/aromatic N) is 5. The molecule has 4 aliphatic heterocycles. The maximum Gasteiger partial charge on any atom is 0.255 e. The highest BCUT2D eigenvalue weighted by Gasteiger charge is 2.41. The van der Waals surface area contributed by atoms with Gasteiger partial charge in [-0.05, 0) is 43.1 Å². The van der Waals surface area contributed by atoms with Crippen LogP contribution in [0.25, 0.3) is 5.69 Å². The lowest BCUT2D eigenvalue weighted by Crippen LogP contribution is -2.52. The highest BCUT2D eigenvalue weighted by Crippen LogP contribution is 2.31. The Morgan fingerprint density at radius 1 is 1.17 bits per heavy atom. The van der Waals surface area contributed by atoms with Gasteiger partial charge in [-0.2, -0.15) is 0 Å². The van der Waals surface area contributed by atoms with Gasteiger partial charge in [-0.3, -0.25) is 24.6 Å². The Bertz CT molecular complexity index is 1170. The summed E-state index contributed by atoms with van der Waals surface area (Å²) in [6, 6.07) is 4.91. The second-order valence-electron chi connectivity index (χ2n) is 9.63. The quantitative estimate of drug-likeness (QED) is 0.612. The van der Waals surface area contributed by atoms with Crippen molar-refractivity contribution in [1.82, 2.24) is 30.1 Å². The predicted octanol–water partition coefficient (Wildman–Crippen LogP) is 0.410. The first-order valence-corrected chi connectivity index (χ1v) is 12.2. The highest BCUT2D eigenvalue weighted by molar-refractivity contribution is 6.05. The Hall–Kier alpha value is -3.15. The van der Waals surface area contributed by atoms with E-state index in [2.05, 4.69) is 20.5 Å². The summed E-state index contributed by atoms with van der Waals surface area (Å²) in [5, 5.41) is 11.0. The van der Waals surface area contributed by atoms with E-state index < -0.39 is 17.7 Å². The van der Waals surface area contributed by atoms with Gasteiger partial charge >= 0.3 is 0 Å². The monoisotopic (exact) mass is 480 g/mol. The number of amides is 3. The average Bonchev–Trinajstić information content (AvgIpc) is 3.58. The molecule has 11 heteroatoms. The first-order valence-electron chi connectivity index (χ1n) is 12.2. The summed E-state index contributed by atoms with van der Waals surface area (Å²) in [5.41, 5.74) is 3.11. The number of piperidine rings is 2. The third-order valence-electron chi connectivity index (χ3n) is 7.31. The van der Waals surface area contributed by atoms with Crippen LogP contribution in [0.4, 0.5) is 0 Å². The zero-order valence-corrected chi connectivity index (χ0v) is 19.4. The molecule has 3 saturated heterocycles. The van der Waals surface area contributed by atoms with E-state index in [1.807, 2.05) is 18.3 Å². The molecule has 35 heavy (non-hydrogen) atoms. The Labute approximate surface area is 202 Å². The van der Waals surface area contributed by atoms with Crippen LogP contribution in [0.2, 0.25) is 0 Å². The number of rotatable bonds is 5. The number of carbonyl (C=O) groups is 3. The maximum atomic E-state index is 12.9. The molecule has 1 aromatic heterocycles. The van der Waals surface area contributed by atoms with Crippen LogP contribution in [0.15, 0.2) is 24.4 Å². The van der Waals surface area contributed by atoms with E-state index in [0.717, 1.165) is 55.8 Å². The maximum absolute atomic E-state index is 12.9. The lowest BCUT2D eigenvalue weighted by atomic mass is 10.0. The zero-order chi connectivity index (χ0) is 24.0. The van der Waals surface area contributed by atoms with E-state index >= 15 is 0 Å². The fraction of sp³-hybridized carbons (Fsp3) is 0.542. The Balaban J connectivity index is 1.11. The number of nitrogens with one attached hydrogen (secondary N) is 1.